The van der Waals surface area contributed by atoms with Crippen LogP contribution in [0.1, 0.15) is 35.6 Å². The van der Waals surface area contributed by atoms with Crippen LogP contribution in [0.5, 0.6) is 11.5 Å². The predicted octanol–water partition coefficient (Wildman–Crippen LogP) is 4.10. The Kier molecular flexibility index (Phi) is 6.01. The molecule has 1 aliphatic rings. The van der Waals surface area contributed by atoms with Gasteiger partial charge in [-0.25, -0.2) is 0 Å². The molecule has 5 heteroatoms. The van der Waals surface area contributed by atoms with Gasteiger partial charge in [0.1, 0.15) is 11.5 Å². The Labute approximate surface area is 161 Å². The van der Waals surface area contributed by atoms with Gasteiger partial charge in [-0.1, -0.05) is 17.7 Å². The number of rotatable bonds is 6. The molecule has 2 aromatic rings. The number of amides is 1. The van der Waals surface area contributed by atoms with E-state index in [0.29, 0.717) is 6.54 Å². The summed E-state index contributed by atoms with van der Waals surface area (Å²) in [4.78, 5) is 14.9. The van der Waals surface area contributed by atoms with Gasteiger partial charge in [-0.15, -0.1) is 0 Å². The SMILES string of the molecule is COc1ccc(OC)c([C@H]2CCCN2CC(=O)Nc2ccc(C)cc2C)c1. The van der Waals surface area contributed by atoms with Crippen molar-refractivity contribution in [1.29, 1.82) is 0 Å². The minimum atomic E-state index is 0.00992. The highest BCUT2D eigenvalue weighted by molar-refractivity contribution is 5.93. The Morgan fingerprint density at radius 2 is 1.96 bits per heavy atom. The van der Waals surface area contributed by atoms with Crippen LogP contribution in [0.2, 0.25) is 0 Å². The first-order chi connectivity index (χ1) is 13.0. The van der Waals surface area contributed by atoms with E-state index in [2.05, 4.69) is 23.2 Å². The number of methoxy groups -OCH3 is 2. The third-order valence-corrected chi connectivity index (χ3v) is 5.16. The number of anilines is 1. The van der Waals surface area contributed by atoms with Gasteiger partial charge < -0.3 is 14.8 Å². The summed E-state index contributed by atoms with van der Waals surface area (Å²) in [5, 5.41) is 3.05. The lowest BCUT2D eigenvalue weighted by Crippen LogP contribution is -2.33. The van der Waals surface area contributed by atoms with Crippen LogP contribution in [0.25, 0.3) is 0 Å². The summed E-state index contributed by atoms with van der Waals surface area (Å²) in [5.41, 5.74) is 4.22. The van der Waals surface area contributed by atoms with Crippen LogP contribution < -0.4 is 14.8 Å². The highest BCUT2D eigenvalue weighted by Crippen LogP contribution is 2.38. The molecule has 0 spiro atoms. The second kappa shape index (κ2) is 8.44. The van der Waals surface area contributed by atoms with Crippen LogP contribution >= 0.6 is 0 Å². The van der Waals surface area contributed by atoms with Crippen LogP contribution in [0, 0.1) is 13.8 Å². The number of carbonyl (C=O) groups excluding carboxylic acids is 1. The number of likely N-dealkylation sites (tertiary alicyclic amines) is 1. The summed E-state index contributed by atoms with van der Waals surface area (Å²) in [7, 11) is 3.34. The first-order valence-electron chi connectivity index (χ1n) is 9.35. The number of hydrogen-bond donors (Lipinski definition) is 1. The van der Waals surface area contributed by atoms with Crippen molar-refractivity contribution < 1.29 is 14.3 Å². The van der Waals surface area contributed by atoms with Crippen LogP contribution in [-0.4, -0.2) is 38.1 Å². The van der Waals surface area contributed by atoms with E-state index in [1.54, 1.807) is 14.2 Å². The van der Waals surface area contributed by atoms with Crippen LogP contribution in [0.15, 0.2) is 36.4 Å². The summed E-state index contributed by atoms with van der Waals surface area (Å²) in [5.74, 6) is 1.65. The topological polar surface area (TPSA) is 50.8 Å². The molecule has 0 aromatic heterocycles. The van der Waals surface area contributed by atoms with E-state index in [1.807, 2.05) is 37.3 Å². The van der Waals surface area contributed by atoms with Crippen molar-refractivity contribution in [2.45, 2.75) is 32.7 Å². The molecule has 1 atom stereocenters. The van der Waals surface area contributed by atoms with Crippen LogP contribution in [0.4, 0.5) is 5.69 Å². The maximum absolute atomic E-state index is 12.7. The average molecular weight is 368 g/mol. The lowest BCUT2D eigenvalue weighted by atomic mass is 10.0. The number of benzene rings is 2. The van der Waals surface area contributed by atoms with Gasteiger partial charge in [-0.3, -0.25) is 9.69 Å². The molecule has 144 valence electrons. The van der Waals surface area contributed by atoms with Crippen LogP contribution in [-0.2, 0) is 4.79 Å². The third kappa shape index (κ3) is 4.42. The quantitative estimate of drug-likeness (QED) is 0.834. The molecule has 2 aromatic carbocycles. The highest BCUT2D eigenvalue weighted by Gasteiger charge is 2.30. The Bertz CT molecular complexity index is 819. The zero-order valence-corrected chi connectivity index (χ0v) is 16.5. The van der Waals surface area contributed by atoms with E-state index in [1.165, 1.54) is 5.56 Å². The standard InChI is InChI=1S/C22H28N2O3/c1-15-7-9-19(16(2)12-15)23-22(25)14-24-11-5-6-20(24)18-13-17(26-3)8-10-21(18)27-4/h7-10,12-13,20H,5-6,11,14H2,1-4H3,(H,23,25)/t20-/m1/s1. The van der Waals surface area contributed by atoms with E-state index in [0.717, 1.165) is 47.7 Å². The molecule has 1 aliphatic heterocycles. The van der Waals surface area contributed by atoms with Crippen molar-refractivity contribution in [3.8, 4) is 11.5 Å². The number of nitrogens with zero attached hydrogens (tertiary/aromatic N) is 1. The van der Waals surface area contributed by atoms with Gasteiger partial charge in [0.05, 0.1) is 20.8 Å². The fraction of sp³-hybridized carbons (Fsp3) is 0.409. The minimum absolute atomic E-state index is 0.00992. The zero-order chi connectivity index (χ0) is 19.4. The molecule has 3 rings (SSSR count). The molecule has 0 bridgehead atoms. The fourth-order valence-corrected chi connectivity index (χ4v) is 3.80. The second-order valence-electron chi connectivity index (χ2n) is 7.10. The number of carbonyl (C=O) groups is 1. The zero-order valence-electron chi connectivity index (χ0n) is 16.5. The highest BCUT2D eigenvalue weighted by atomic mass is 16.5. The average Bonchev–Trinajstić information content (AvgIpc) is 3.11. The molecule has 0 aliphatic carbocycles. The van der Waals surface area contributed by atoms with Crippen molar-refractivity contribution in [1.82, 2.24) is 4.90 Å². The van der Waals surface area contributed by atoms with Gasteiger partial charge in [0, 0.05) is 17.3 Å². The minimum Gasteiger partial charge on any atom is -0.497 e. The van der Waals surface area contributed by atoms with E-state index < -0.39 is 0 Å². The van der Waals surface area contributed by atoms with Gasteiger partial charge >= 0.3 is 0 Å². The molecule has 27 heavy (non-hydrogen) atoms. The molecular weight excluding hydrogens is 340 g/mol. The molecule has 1 heterocycles. The Balaban J connectivity index is 1.74. The van der Waals surface area contributed by atoms with E-state index >= 15 is 0 Å². The lowest BCUT2D eigenvalue weighted by Gasteiger charge is -2.26. The van der Waals surface area contributed by atoms with Gasteiger partial charge in [-0.05, 0) is 63.1 Å². The first kappa shape index (κ1) is 19.2. The summed E-state index contributed by atoms with van der Waals surface area (Å²) in [6.07, 6.45) is 2.06. The molecular formula is C22H28N2O3. The smallest absolute Gasteiger partial charge is 0.238 e. The maximum Gasteiger partial charge on any atom is 0.238 e. The number of aryl methyl sites for hydroxylation is 2. The second-order valence-corrected chi connectivity index (χ2v) is 7.10. The Morgan fingerprint density at radius 1 is 1.15 bits per heavy atom. The van der Waals surface area contributed by atoms with Crippen molar-refractivity contribution in [2.75, 3.05) is 32.6 Å². The molecule has 0 saturated carbocycles. The lowest BCUT2D eigenvalue weighted by molar-refractivity contribution is -0.117. The normalized spacial score (nSPS) is 17.0. The van der Waals surface area contributed by atoms with Crippen molar-refractivity contribution >= 4 is 11.6 Å². The molecule has 1 fully saturated rings. The Morgan fingerprint density at radius 3 is 2.67 bits per heavy atom. The van der Waals surface area contributed by atoms with Crippen molar-refractivity contribution in [3.05, 3.63) is 53.1 Å². The van der Waals surface area contributed by atoms with Crippen molar-refractivity contribution in [3.63, 3.8) is 0 Å². The van der Waals surface area contributed by atoms with E-state index in [-0.39, 0.29) is 11.9 Å². The maximum atomic E-state index is 12.7. The van der Waals surface area contributed by atoms with E-state index in [9.17, 15) is 4.79 Å². The van der Waals surface area contributed by atoms with Crippen molar-refractivity contribution in [2.24, 2.45) is 0 Å². The van der Waals surface area contributed by atoms with Crippen LogP contribution in [0.3, 0.4) is 0 Å². The third-order valence-electron chi connectivity index (χ3n) is 5.16. The monoisotopic (exact) mass is 368 g/mol. The predicted molar refractivity (Wildman–Crippen MR) is 108 cm³/mol. The summed E-state index contributed by atoms with van der Waals surface area (Å²) >= 11 is 0. The van der Waals surface area contributed by atoms with E-state index in [4.69, 9.17) is 9.47 Å². The molecule has 1 amide bonds. The van der Waals surface area contributed by atoms with Gasteiger partial charge in [-0.2, -0.15) is 0 Å². The summed E-state index contributed by atoms with van der Waals surface area (Å²) < 4.78 is 10.9. The largest absolute Gasteiger partial charge is 0.497 e. The number of hydrogen-bond acceptors (Lipinski definition) is 4. The number of ether oxygens (including phenoxy) is 2. The summed E-state index contributed by atoms with van der Waals surface area (Å²) in [6.45, 7) is 5.32. The molecule has 1 N–H and O–H groups in total. The molecule has 5 nitrogen and oxygen atoms in total. The van der Waals surface area contributed by atoms with Gasteiger partial charge in [0.25, 0.3) is 0 Å². The number of nitrogens with one attached hydrogen (secondary N) is 1. The molecule has 0 unspecified atom stereocenters. The van der Waals surface area contributed by atoms with Gasteiger partial charge in [0.2, 0.25) is 5.91 Å². The summed E-state index contributed by atoms with van der Waals surface area (Å²) in [6, 6.07) is 12.1. The van der Waals surface area contributed by atoms with Gasteiger partial charge in [0.15, 0.2) is 0 Å². The Hall–Kier alpha value is -2.53. The fourth-order valence-electron chi connectivity index (χ4n) is 3.80. The molecule has 0 radical (unpaired) electrons. The first-order valence-corrected chi connectivity index (χ1v) is 9.35. The molecule has 1 saturated heterocycles.